The van der Waals surface area contributed by atoms with E-state index in [1.807, 2.05) is 22.9 Å². The fraction of sp³-hybridized carbons (Fsp3) is 0. The van der Waals surface area contributed by atoms with Gasteiger partial charge in [0.05, 0.1) is 5.69 Å². The van der Waals surface area contributed by atoms with Gasteiger partial charge in [0.2, 0.25) is 5.78 Å². The molecule has 5 nitrogen and oxygen atoms in total. The first-order valence-corrected chi connectivity index (χ1v) is 9.41. The summed E-state index contributed by atoms with van der Waals surface area (Å²) in [5, 5.41) is 14.0. The van der Waals surface area contributed by atoms with E-state index in [0.29, 0.717) is 31.9 Å². The molecule has 0 aliphatic heterocycles. The van der Waals surface area contributed by atoms with E-state index in [1.54, 1.807) is 24.3 Å². The lowest BCUT2D eigenvalue weighted by Crippen LogP contribution is -2.02. The van der Waals surface area contributed by atoms with Gasteiger partial charge < -0.3 is 11.5 Å². The van der Waals surface area contributed by atoms with E-state index in [-0.39, 0.29) is 17.2 Å². The molecule has 0 fully saturated rings. The summed E-state index contributed by atoms with van der Waals surface area (Å²) < 4.78 is 0. The van der Waals surface area contributed by atoms with Crippen LogP contribution >= 0.6 is 22.7 Å². The number of rotatable bonds is 3. The van der Waals surface area contributed by atoms with Crippen LogP contribution in [-0.4, -0.2) is 10.8 Å². The lowest BCUT2D eigenvalue weighted by molar-refractivity contribution is 0.104. The number of thiophene rings is 2. The van der Waals surface area contributed by atoms with Gasteiger partial charge in [-0.1, -0.05) is 30.3 Å². The standard InChI is InChI=1S/C19H12N4OS2/c20-8-12-13(11-6-7-25-9-11)14-15(21)17(26-19(14)23-18(12)22)16(24)10-4-2-1-3-5-10/h1-7,9H,21H2,(H2,22,23). The second-order valence-corrected chi connectivity index (χ2v) is 7.37. The zero-order valence-electron chi connectivity index (χ0n) is 13.4. The molecular formula is C19H12N4OS2. The Bertz CT molecular complexity index is 1170. The van der Waals surface area contributed by atoms with Crippen molar-refractivity contribution in [3.8, 4) is 17.2 Å². The molecule has 126 valence electrons. The Morgan fingerprint density at radius 3 is 2.58 bits per heavy atom. The molecule has 0 unspecified atom stereocenters. The lowest BCUT2D eigenvalue weighted by Gasteiger charge is -2.07. The van der Waals surface area contributed by atoms with Gasteiger partial charge in [-0.25, -0.2) is 4.98 Å². The highest BCUT2D eigenvalue weighted by atomic mass is 32.1. The SMILES string of the molecule is N#Cc1c(N)nc2sc(C(=O)c3ccccc3)c(N)c2c1-c1ccsc1. The molecule has 3 aromatic heterocycles. The van der Waals surface area contributed by atoms with E-state index in [2.05, 4.69) is 11.1 Å². The third-order valence-corrected chi connectivity index (χ3v) is 5.85. The van der Waals surface area contributed by atoms with Gasteiger partial charge in [-0.2, -0.15) is 16.6 Å². The first-order valence-electron chi connectivity index (χ1n) is 7.65. The van der Waals surface area contributed by atoms with Crippen LogP contribution in [0.15, 0.2) is 47.2 Å². The highest BCUT2D eigenvalue weighted by Crippen LogP contribution is 2.43. The van der Waals surface area contributed by atoms with Crippen molar-refractivity contribution >= 4 is 50.2 Å². The monoisotopic (exact) mass is 376 g/mol. The number of nitriles is 1. The lowest BCUT2D eigenvalue weighted by atomic mass is 9.99. The number of pyridine rings is 1. The number of nitrogen functional groups attached to an aromatic ring is 2. The summed E-state index contributed by atoms with van der Waals surface area (Å²) in [7, 11) is 0. The summed E-state index contributed by atoms with van der Waals surface area (Å²) in [5.41, 5.74) is 15.0. The minimum atomic E-state index is -0.167. The molecule has 0 aliphatic rings. The molecule has 0 atom stereocenters. The number of hydrogen-bond donors (Lipinski definition) is 2. The number of fused-ring (bicyclic) bond motifs is 1. The first-order chi connectivity index (χ1) is 12.6. The number of hydrogen-bond acceptors (Lipinski definition) is 7. The van der Waals surface area contributed by atoms with Gasteiger partial charge in [-0.15, -0.1) is 11.3 Å². The van der Waals surface area contributed by atoms with Gasteiger partial charge in [0.1, 0.15) is 27.2 Å². The molecule has 0 bridgehead atoms. The second kappa shape index (κ2) is 6.26. The van der Waals surface area contributed by atoms with Gasteiger partial charge >= 0.3 is 0 Å². The summed E-state index contributed by atoms with van der Waals surface area (Å²) in [5.74, 6) is -0.0272. The Morgan fingerprint density at radius 1 is 1.15 bits per heavy atom. The average Bonchev–Trinajstić information content (AvgIpc) is 3.29. The summed E-state index contributed by atoms with van der Waals surface area (Å²) in [4.78, 5) is 18.2. The predicted molar refractivity (Wildman–Crippen MR) is 106 cm³/mol. The zero-order chi connectivity index (χ0) is 18.3. The molecule has 4 rings (SSSR count). The Labute approximate surface area is 157 Å². The molecular weight excluding hydrogens is 364 g/mol. The van der Waals surface area contributed by atoms with Gasteiger partial charge in [0.25, 0.3) is 0 Å². The Balaban J connectivity index is 2.04. The van der Waals surface area contributed by atoms with Crippen molar-refractivity contribution in [2.45, 2.75) is 0 Å². The van der Waals surface area contributed by atoms with Crippen LogP contribution in [0.4, 0.5) is 11.5 Å². The van der Waals surface area contributed by atoms with E-state index in [1.165, 1.54) is 22.7 Å². The number of nitrogens with two attached hydrogens (primary N) is 2. The number of carbonyl (C=O) groups is 1. The van der Waals surface area contributed by atoms with Crippen molar-refractivity contribution in [3.05, 3.63) is 63.2 Å². The molecule has 4 aromatic rings. The minimum absolute atomic E-state index is 0.140. The minimum Gasteiger partial charge on any atom is -0.397 e. The van der Waals surface area contributed by atoms with Crippen LogP contribution in [0.3, 0.4) is 0 Å². The van der Waals surface area contributed by atoms with Crippen molar-refractivity contribution in [2.75, 3.05) is 11.5 Å². The summed E-state index contributed by atoms with van der Waals surface area (Å²) >= 11 is 2.71. The number of benzene rings is 1. The van der Waals surface area contributed by atoms with Crippen LogP contribution in [0.1, 0.15) is 20.8 Å². The van der Waals surface area contributed by atoms with Gasteiger partial charge in [-0.05, 0) is 22.4 Å². The molecule has 3 heterocycles. The Morgan fingerprint density at radius 2 is 1.92 bits per heavy atom. The van der Waals surface area contributed by atoms with Gasteiger partial charge in [0, 0.05) is 16.5 Å². The number of ketones is 1. The van der Waals surface area contributed by atoms with Crippen LogP contribution in [-0.2, 0) is 0 Å². The van der Waals surface area contributed by atoms with E-state index >= 15 is 0 Å². The van der Waals surface area contributed by atoms with E-state index in [9.17, 15) is 10.1 Å². The highest BCUT2D eigenvalue weighted by molar-refractivity contribution is 7.21. The van der Waals surface area contributed by atoms with Gasteiger partial charge in [-0.3, -0.25) is 4.79 Å². The van der Waals surface area contributed by atoms with Crippen molar-refractivity contribution in [1.29, 1.82) is 5.26 Å². The second-order valence-electron chi connectivity index (χ2n) is 5.59. The zero-order valence-corrected chi connectivity index (χ0v) is 15.0. The number of nitrogens with zero attached hydrogens (tertiary/aromatic N) is 2. The maximum atomic E-state index is 12.9. The van der Waals surface area contributed by atoms with Crippen molar-refractivity contribution in [1.82, 2.24) is 4.98 Å². The fourth-order valence-electron chi connectivity index (χ4n) is 2.87. The molecule has 4 N–H and O–H groups in total. The smallest absolute Gasteiger partial charge is 0.205 e. The van der Waals surface area contributed by atoms with Crippen LogP contribution in [0, 0.1) is 11.3 Å². The Hall–Kier alpha value is -3.21. The van der Waals surface area contributed by atoms with E-state index in [4.69, 9.17) is 11.5 Å². The van der Waals surface area contributed by atoms with Crippen molar-refractivity contribution in [2.24, 2.45) is 0 Å². The first kappa shape index (κ1) is 16.3. The van der Waals surface area contributed by atoms with Gasteiger partial charge in [0.15, 0.2) is 0 Å². The number of carbonyl (C=O) groups excluding carboxylic acids is 1. The molecule has 7 heteroatoms. The van der Waals surface area contributed by atoms with Crippen LogP contribution < -0.4 is 11.5 Å². The highest BCUT2D eigenvalue weighted by Gasteiger charge is 2.24. The predicted octanol–water partition coefficient (Wildman–Crippen LogP) is 4.29. The third kappa shape index (κ3) is 2.44. The molecule has 0 saturated carbocycles. The fourth-order valence-corrected chi connectivity index (χ4v) is 4.59. The molecule has 0 aliphatic carbocycles. The third-order valence-electron chi connectivity index (χ3n) is 4.07. The molecule has 0 amide bonds. The molecule has 26 heavy (non-hydrogen) atoms. The van der Waals surface area contributed by atoms with E-state index in [0.717, 1.165) is 5.56 Å². The molecule has 0 spiro atoms. The maximum absolute atomic E-state index is 12.9. The summed E-state index contributed by atoms with van der Waals surface area (Å²) in [6.45, 7) is 0. The van der Waals surface area contributed by atoms with Crippen LogP contribution in [0.2, 0.25) is 0 Å². The quantitative estimate of drug-likeness (QED) is 0.519. The summed E-state index contributed by atoms with van der Waals surface area (Å²) in [6.07, 6.45) is 0. The molecule has 0 radical (unpaired) electrons. The largest absolute Gasteiger partial charge is 0.397 e. The van der Waals surface area contributed by atoms with Crippen LogP contribution in [0.5, 0.6) is 0 Å². The number of aromatic nitrogens is 1. The maximum Gasteiger partial charge on any atom is 0.205 e. The van der Waals surface area contributed by atoms with Crippen molar-refractivity contribution in [3.63, 3.8) is 0 Å². The average molecular weight is 376 g/mol. The number of anilines is 2. The normalized spacial score (nSPS) is 10.7. The summed E-state index contributed by atoms with van der Waals surface area (Å²) in [6, 6.07) is 13.0. The Kier molecular flexibility index (Phi) is 3.92. The van der Waals surface area contributed by atoms with Crippen LogP contribution in [0.25, 0.3) is 21.3 Å². The molecule has 1 aromatic carbocycles. The van der Waals surface area contributed by atoms with E-state index < -0.39 is 0 Å². The topological polar surface area (TPSA) is 106 Å². The van der Waals surface area contributed by atoms with Crippen molar-refractivity contribution < 1.29 is 4.79 Å². The molecule has 0 saturated heterocycles.